The number of nitro groups is 1. The van der Waals surface area contributed by atoms with Crippen LogP contribution in [0.3, 0.4) is 0 Å². The molecular weight excluding hydrogens is 432 g/mol. The predicted octanol–water partition coefficient (Wildman–Crippen LogP) is 3.94. The van der Waals surface area contributed by atoms with Gasteiger partial charge in [0.25, 0.3) is 5.69 Å². The number of nitro benzene ring substituents is 1. The summed E-state index contributed by atoms with van der Waals surface area (Å²) in [5.74, 6) is 1.46. The van der Waals surface area contributed by atoms with Crippen LogP contribution in [0.2, 0.25) is 5.02 Å². The van der Waals surface area contributed by atoms with Crippen LogP contribution in [0.1, 0.15) is 16.2 Å². The third kappa shape index (κ3) is 5.08. The second kappa shape index (κ2) is 9.59. The number of nitrogens with zero attached hydrogens (tertiary/aromatic N) is 4. The van der Waals surface area contributed by atoms with Crippen LogP contribution < -0.4 is 9.47 Å². The van der Waals surface area contributed by atoms with Crippen molar-refractivity contribution in [3.05, 3.63) is 69.0 Å². The van der Waals surface area contributed by atoms with Crippen molar-refractivity contribution >= 4 is 34.8 Å². The highest BCUT2D eigenvalue weighted by atomic mass is 35.5. The summed E-state index contributed by atoms with van der Waals surface area (Å²) in [5, 5.41) is 19.9. The number of Topliss-reactive ketones (excluding diaryl/α,β-unsaturated/α-hetero) is 1. The van der Waals surface area contributed by atoms with E-state index >= 15 is 0 Å². The lowest BCUT2D eigenvalue weighted by Crippen LogP contribution is -2.07. The molecule has 2 aromatic carbocycles. The molecule has 11 heteroatoms. The van der Waals surface area contributed by atoms with Crippen molar-refractivity contribution in [1.82, 2.24) is 14.8 Å². The summed E-state index contributed by atoms with van der Waals surface area (Å²) in [6, 6.07) is 10.6. The van der Waals surface area contributed by atoms with E-state index in [1.165, 1.54) is 43.1 Å². The lowest BCUT2D eigenvalue weighted by Gasteiger charge is -2.08. The summed E-state index contributed by atoms with van der Waals surface area (Å²) in [6.45, 7) is 0.123. The second-order valence-corrected chi connectivity index (χ2v) is 7.43. The lowest BCUT2D eigenvalue weighted by molar-refractivity contribution is -0.384. The lowest BCUT2D eigenvalue weighted by atomic mass is 10.1. The van der Waals surface area contributed by atoms with Gasteiger partial charge in [0.1, 0.15) is 18.1 Å². The summed E-state index contributed by atoms with van der Waals surface area (Å²) in [5.41, 5.74) is 0.391. The van der Waals surface area contributed by atoms with Gasteiger partial charge in [-0.25, -0.2) is 0 Å². The van der Waals surface area contributed by atoms with Crippen molar-refractivity contribution in [1.29, 1.82) is 0 Å². The zero-order valence-corrected chi connectivity index (χ0v) is 17.6. The maximum absolute atomic E-state index is 12.6. The van der Waals surface area contributed by atoms with Crippen LogP contribution in [0.15, 0.2) is 47.6 Å². The number of methoxy groups -OCH3 is 1. The third-order valence-electron chi connectivity index (χ3n) is 4.13. The summed E-state index contributed by atoms with van der Waals surface area (Å²) in [6.07, 6.45) is 0. The number of carbonyl (C=O) groups excluding carboxylic acids is 1. The van der Waals surface area contributed by atoms with Gasteiger partial charge in [-0.05, 0) is 30.3 Å². The van der Waals surface area contributed by atoms with Crippen molar-refractivity contribution in [3.63, 3.8) is 0 Å². The Morgan fingerprint density at radius 3 is 2.63 bits per heavy atom. The van der Waals surface area contributed by atoms with Crippen LogP contribution in [-0.4, -0.2) is 38.3 Å². The number of halogens is 1. The Morgan fingerprint density at radius 2 is 1.97 bits per heavy atom. The third-order valence-corrected chi connectivity index (χ3v) is 5.39. The molecular formula is C19H17ClN4O5S. The first-order valence-electron chi connectivity index (χ1n) is 8.64. The molecule has 0 bridgehead atoms. The molecule has 156 valence electrons. The molecule has 0 aliphatic heterocycles. The Hall–Kier alpha value is -3.11. The van der Waals surface area contributed by atoms with Gasteiger partial charge in [0.2, 0.25) is 0 Å². The van der Waals surface area contributed by atoms with E-state index in [4.69, 9.17) is 21.1 Å². The SMILES string of the molecule is COc1ccc(Cl)cc1C(=O)CSc1nnc(COc2ccc([N+](=O)[O-])cc2)n1C. The Morgan fingerprint density at radius 1 is 1.23 bits per heavy atom. The van der Waals surface area contributed by atoms with Gasteiger partial charge in [0, 0.05) is 24.2 Å². The monoisotopic (exact) mass is 448 g/mol. The van der Waals surface area contributed by atoms with E-state index in [1.807, 2.05) is 0 Å². The quantitative estimate of drug-likeness (QED) is 0.209. The van der Waals surface area contributed by atoms with E-state index < -0.39 is 4.92 Å². The molecule has 0 radical (unpaired) electrons. The maximum atomic E-state index is 12.6. The zero-order chi connectivity index (χ0) is 21.7. The molecule has 0 saturated carbocycles. The largest absolute Gasteiger partial charge is 0.496 e. The van der Waals surface area contributed by atoms with Gasteiger partial charge >= 0.3 is 0 Å². The minimum Gasteiger partial charge on any atom is -0.496 e. The number of benzene rings is 2. The predicted molar refractivity (Wildman–Crippen MR) is 111 cm³/mol. The summed E-state index contributed by atoms with van der Waals surface area (Å²) in [7, 11) is 3.26. The molecule has 0 aliphatic rings. The fourth-order valence-electron chi connectivity index (χ4n) is 2.51. The van der Waals surface area contributed by atoms with Gasteiger partial charge in [-0.3, -0.25) is 14.9 Å². The zero-order valence-electron chi connectivity index (χ0n) is 16.1. The Labute approximate surface area is 181 Å². The molecule has 9 nitrogen and oxygen atoms in total. The Kier molecular flexibility index (Phi) is 6.91. The highest BCUT2D eigenvalue weighted by Gasteiger charge is 2.16. The van der Waals surface area contributed by atoms with E-state index in [9.17, 15) is 14.9 Å². The number of carbonyl (C=O) groups is 1. The normalized spacial score (nSPS) is 10.6. The van der Waals surface area contributed by atoms with Crippen molar-refractivity contribution in [3.8, 4) is 11.5 Å². The maximum Gasteiger partial charge on any atom is 0.269 e. The first-order chi connectivity index (χ1) is 14.4. The highest BCUT2D eigenvalue weighted by Crippen LogP contribution is 2.26. The molecule has 1 aromatic heterocycles. The fourth-order valence-corrected chi connectivity index (χ4v) is 3.50. The van der Waals surface area contributed by atoms with Crippen molar-refractivity contribution in [2.24, 2.45) is 7.05 Å². The van der Waals surface area contributed by atoms with Crippen LogP contribution in [0.5, 0.6) is 11.5 Å². The number of aromatic nitrogens is 3. The van der Waals surface area contributed by atoms with Gasteiger partial charge in [0.15, 0.2) is 16.8 Å². The summed E-state index contributed by atoms with van der Waals surface area (Å²) < 4.78 is 12.5. The molecule has 0 saturated heterocycles. The Bertz CT molecular complexity index is 1070. The van der Waals surface area contributed by atoms with Crippen LogP contribution in [0.4, 0.5) is 5.69 Å². The molecule has 3 rings (SSSR count). The molecule has 0 unspecified atom stereocenters. The highest BCUT2D eigenvalue weighted by molar-refractivity contribution is 7.99. The van der Waals surface area contributed by atoms with E-state index in [0.717, 1.165) is 0 Å². The molecule has 0 spiro atoms. The Balaban J connectivity index is 1.61. The molecule has 0 N–H and O–H groups in total. The van der Waals surface area contributed by atoms with Crippen molar-refractivity contribution in [2.75, 3.05) is 12.9 Å². The molecule has 0 amide bonds. The molecule has 0 fully saturated rings. The molecule has 1 heterocycles. The molecule has 30 heavy (non-hydrogen) atoms. The average molecular weight is 449 g/mol. The summed E-state index contributed by atoms with van der Waals surface area (Å²) in [4.78, 5) is 22.8. The van der Waals surface area contributed by atoms with Crippen LogP contribution >= 0.6 is 23.4 Å². The minimum absolute atomic E-state index is 0.0132. The number of ketones is 1. The number of non-ortho nitro benzene ring substituents is 1. The number of hydrogen-bond donors (Lipinski definition) is 0. The van der Waals surface area contributed by atoms with Crippen molar-refractivity contribution in [2.45, 2.75) is 11.8 Å². The fraction of sp³-hybridized carbons (Fsp3) is 0.211. The first-order valence-corrected chi connectivity index (χ1v) is 10.0. The second-order valence-electron chi connectivity index (χ2n) is 6.05. The number of ether oxygens (including phenoxy) is 2. The van der Waals surface area contributed by atoms with Crippen LogP contribution in [0.25, 0.3) is 0 Å². The van der Waals surface area contributed by atoms with Gasteiger partial charge in [0.05, 0.1) is 23.3 Å². The van der Waals surface area contributed by atoms with Gasteiger partial charge in [-0.15, -0.1) is 10.2 Å². The smallest absolute Gasteiger partial charge is 0.269 e. The van der Waals surface area contributed by atoms with Crippen LogP contribution in [-0.2, 0) is 13.7 Å². The summed E-state index contributed by atoms with van der Waals surface area (Å²) >= 11 is 7.22. The minimum atomic E-state index is -0.476. The van der Waals surface area contributed by atoms with Gasteiger partial charge in [-0.2, -0.15) is 0 Å². The van der Waals surface area contributed by atoms with E-state index in [0.29, 0.717) is 33.1 Å². The number of hydrogen-bond acceptors (Lipinski definition) is 8. The van der Waals surface area contributed by atoms with E-state index in [1.54, 1.807) is 29.8 Å². The van der Waals surface area contributed by atoms with Crippen LogP contribution in [0, 0.1) is 10.1 Å². The van der Waals surface area contributed by atoms with E-state index in [2.05, 4.69) is 10.2 Å². The van der Waals surface area contributed by atoms with Gasteiger partial charge < -0.3 is 14.0 Å². The van der Waals surface area contributed by atoms with E-state index in [-0.39, 0.29) is 23.8 Å². The average Bonchev–Trinajstić information content (AvgIpc) is 3.10. The first kappa shape index (κ1) is 21.6. The molecule has 0 aliphatic carbocycles. The van der Waals surface area contributed by atoms with Crippen molar-refractivity contribution < 1.29 is 19.2 Å². The molecule has 3 aromatic rings. The topological polar surface area (TPSA) is 109 Å². The molecule has 0 atom stereocenters. The standard InChI is InChI=1S/C19H17ClN4O5S/c1-23-18(10-29-14-6-4-13(5-7-14)24(26)27)21-22-19(23)30-11-16(25)15-9-12(20)3-8-17(15)28-2/h3-9H,10-11H2,1-2H3. The number of rotatable bonds is 9. The van der Waals surface area contributed by atoms with Gasteiger partial charge in [-0.1, -0.05) is 23.4 Å². The number of thioether (sulfide) groups is 1.